The van der Waals surface area contributed by atoms with E-state index in [1.165, 1.54) is 0 Å². The van der Waals surface area contributed by atoms with Crippen molar-refractivity contribution in [2.45, 2.75) is 13.2 Å². The number of rotatable bonds is 7. The highest BCUT2D eigenvalue weighted by molar-refractivity contribution is 6.31. The van der Waals surface area contributed by atoms with Crippen LogP contribution in [-0.4, -0.2) is 20.9 Å². The first-order valence-electron chi connectivity index (χ1n) is 9.39. The van der Waals surface area contributed by atoms with Gasteiger partial charge in [-0.2, -0.15) is 0 Å². The molecule has 150 valence electrons. The average molecular weight is 419 g/mol. The Morgan fingerprint density at radius 1 is 0.967 bits per heavy atom. The molecule has 0 unspecified atom stereocenters. The predicted octanol–water partition coefficient (Wildman–Crippen LogP) is 4.81. The number of hydrogen-bond acceptors (Lipinski definition) is 4. The van der Waals surface area contributed by atoms with E-state index in [4.69, 9.17) is 16.3 Å². The smallest absolute Gasteiger partial charge is 0.277 e. The van der Waals surface area contributed by atoms with Gasteiger partial charge in [-0.3, -0.25) is 4.79 Å². The second-order valence-corrected chi connectivity index (χ2v) is 7.05. The number of anilines is 1. The first kappa shape index (κ1) is 19.7. The van der Waals surface area contributed by atoms with Crippen molar-refractivity contribution >= 4 is 23.2 Å². The number of halogens is 1. The molecule has 4 aromatic rings. The zero-order chi connectivity index (χ0) is 20.8. The number of benzene rings is 3. The van der Waals surface area contributed by atoms with E-state index in [0.717, 1.165) is 11.1 Å². The quantitative estimate of drug-likeness (QED) is 0.467. The maximum Gasteiger partial charge on any atom is 0.277 e. The Balaban J connectivity index is 1.33. The number of nitrogens with zero attached hydrogens (tertiary/aromatic N) is 3. The summed E-state index contributed by atoms with van der Waals surface area (Å²) in [5.74, 6) is 0.362. The minimum atomic E-state index is -0.320. The zero-order valence-electron chi connectivity index (χ0n) is 16.0. The minimum absolute atomic E-state index is 0.255. The van der Waals surface area contributed by atoms with Crippen LogP contribution < -0.4 is 10.1 Å². The summed E-state index contributed by atoms with van der Waals surface area (Å²) in [6.07, 6.45) is 1.63. The molecule has 30 heavy (non-hydrogen) atoms. The van der Waals surface area contributed by atoms with E-state index in [0.29, 0.717) is 29.6 Å². The molecule has 0 aliphatic carbocycles. The predicted molar refractivity (Wildman–Crippen MR) is 116 cm³/mol. The molecule has 3 aromatic carbocycles. The van der Waals surface area contributed by atoms with Crippen molar-refractivity contribution in [2.24, 2.45) is 0 Å². The van der Waals surface area contributed by atoms with Crippen molar-refractivity contribution in [3.8, 4) is 5.75 Å². The van der Waals surface area contributed by atoms with Crippen LogP contribution in [0.2, 0.25) is 5.02 Å². The van der Waals surface area contributed by atoms with Gasteiger partial charge >= 0.3 is 0 Å². The number of nitrogens with one attached hydrogen (secondary N) is 1. The van der Waals surface area contributed by atoms with Gasteiger partial charge in [0.1, 0.15) is 12.4 Å². The summed E-state index contributed by atoms with van der Waals surface area (Å²) in [6, 6.07) is 24.5. The van der Waals surface area contributed by atoms with Gasteiger partial charge in [-0.15, -0.1) is 5.10 Å². The van der Waals surface area contributed by atoms with Crippen molar-refractivity contribution in [2.75, 3.05) is 5.32 Å². The monoisotopic (exact) mass is 418 g/mol. The fourth-order valence-corrected chi connectivity index (χ4v) is 3.05. The van der Waals surface area contributed by atoms with Crippen LogP contribution >= 0.6 is 11.6 Å². The van der Waals surface area contributed by atoms with E-state index >= 15 is 0 Å². The van der Waals surface area contributed by atoms with E-state index in [9.17, 15) is 4.79 Å². The van der Waals surface area contributed by atoms with Crippen LogP contribution in [0.5, 0.6) is 5.75 Å². The summed E-state index contributed by atoms with van der Waals surface area (Å²) < 4.78 is 7.39. The van der Waals surface area contributed by atoms with Crippen molar-refractivity contribution < 1.29 is 9.53 Å². The van der Waals surface area contributed by atoms with Crippen LogP contribution in [-0.2, 0) is 13.2 Å². The molecule has 0 spiro atoms. The third-order valence-electron chi connectivity index (χ3n) is 4.42. The minimum Gasteiger partial charge on any atom is -0.489 e. The summed E-state index contributed by atoms with van der Waals surface area (Å²) >= 11 is 6.14. The van der Waals surface area contributed by atoms with Crippen molar-refractivity contribution in [3.63, 3.8) is 0 Å². The maximum atomic E-state index is 12.4. The number of ether oxygens (including phenoxy) is 1. The third-order valence-corrected chi connectivity index (χ3v) is 4.79. The highest BCUT2D eigenvalue weighted by Gasteiger charge is 2.11. The Labute approximate surface area is 179 Å². The SMILES string of the molecule is O=C(Nc1ccc(OCc2ccccc2Cl)cc1)c1cn(Cc2ccccc2)nn1. The number of carbonyl (C=O) groups is 1. The Morgan fingerprint density at radius 3 is 2.47 bits per heavy atom. The van der Waals surface area contributed by atoms with Crippen LogP contribution in [0, 0.1) is 0 Å². The molecular formula is C23H19ClN4O2. The normalized spacial score (nSPS) is 10.6. The lowest BCUT2D eigenvalue weighted by molar-refractivity contribution is 0.102. The van der Waals surface area contributed by atoms with E-state index in [1.54, 1.807) is 35.1 Å². The van der Waals surface area contributed by atoms with E-state index < -0.39 is 0 Å². The first-order chi connectivity index (χ1) is 14.7. The lowest BCUT2D eigenvalue weighted by Gasteiger charge is -2.09. The number of aromatic nitrogens is 3. The molecule has 1 N–H and O–H groups in total. The highest BCUT2D eigenvalue weighted by atomic mass is 35.5. The average Bonchev–Trinajstić information content (AvgIpc) is 3.24. The molecule has 6 nitrogen and oxygen atoms in total. The van der Waals surface area contributed by atoms with Gasteiger partial charge in [0.15, 0.2) is 5.69 Å². The van der Waals surface area contributed by atoms with Crippen LogP contribution in [0.15, 0.2) is 85.1 Å². The number of amides is 1. The molecule has 0 aliphatic rings. The molecule has 1 amide bonds. The summed E-state index contributed by atoms with van der Waals surface area (Å²) in [6.45, 7) is 0.925. The standard InChI is InChI=1S/C23H19ClN4O2/c24-21-9-5-4-8-18(21)16-30-20-12-10-19(11-13-20)25-23(29)22-15-28(27-26-22)14-17-6-2-1-3-7-17/h1-13,15H,14,16H2,(H,25,29). The number of hydrogen-bond donors (Lipinski definition) is 1. The molecule has 0 saturated carbocycles. The lowest BCUT2D eigenvalue weighted by atomic mass is 10.2. The van der Waals surface area contributed by atoms with Gasteiger partial charge in [0.25, 0.3) is 5.91 Å². The van der Waals surface area contributed by atoms with Gasteiger partial charge in [0.05, 0.1) is 12.7 Å². The fraction of sp³-hybridized carbons (Fsp3) is 0.0870. The van der Waals surface area contributed by atoms with Gasteiger partial charge in [0, 0.05) is 16.3 Å². The van der Waals surface area contributed by atoms with Crippen molar-refractivity contribution in [1.82, 2.24) is 15.0 Å². The zero-order valence-corrected chi connectivity index (χ0v) is 16.8. The maximum absolute atomic E-state index is 12.4. The highest BCUT2D eigenvalue weighted by Crippen LogP contribution is 2.20. The molecule has 0 bridgehead atoms. The Kier molecular flexibility index (Phi) is 6.06. The van der Waals surface area contributed by atoms with Gasteiger partial charge in [-0.05, 0) is 35.9 Å². The Morgan fingerprint density at radius 2 is 1.70 bits per heavy atom. The van der Waals surface area contributed by atoms with Crippen LogP contribution in [0.3, 0.4) is 0 Å². The van der Waals surface area contributed by atoms with Crippen LogP contribution in [0.4, 0.5) is 5.69 Å². The fourth-order valence-electron chi connectivity index (χ4n) is 2.86. The summed E-state index contributed by atoms with van der Waals surface area (Å²) in [4.78, 5) is 12.4. The largest absolute Gasteiger partial charge is 0.489 e. The first-order valence-corrected chi connectivity index (χ1v) is 9.77. The molecule has 0 fully saturated rings. The topological polar surface area (TPSA) is 69.0 Å². The molecule has 0 radical (unpaired) electrons. The molecule has 1 heterocycles. The van der Waals surface area contributed by atoms with Crippen LogP contribution in [0.25, 0.3) is 0 Å². The van der Waals surface area contributed by atoms with Crippen LogP contribution in [0.1, 0.15) is 21.6 Å². The lowest BCUT2D eigenvalue weighted by Crippen LogP contribution is -2.12. The van der Waals surface area contributed by atoms with Gasteiger partial charge in [0.2, 0.25) is 0 Å². The third kappa shape index (κ3) is 5.04. The summed E-state index contributed by atoms with van der Waals surface area (Å²) in [5, 5.41) is 11.5. The summed E-state index contributed by atoms with van der Waals surface area (Å²) in [7, 11) is 0. The molecular weight excluding hydrogens is 400 g/mol. The van der Waals surface area contributed by atoms with E-state index in [1.807, 2.05) is 54.6 Å². The number of carbonyl (C=O) groups excluding carboxylic acids is 1. The van der Waals surface area contributed by atoms with Crippen molar-refractivity contribution in [3.05, 3.63) is 107 Å². The van der Waals surface area contributed by atoms with E-state index in [2.05, 4.69) is 15.6 Å². The summed E-state index contributed by atoms with van der Waals surface area (Å²) in [5.41, 5.74) is 2.89. The second kappa shape index (κ2) is 9.24. The van der Waals surface area contributed by atoms with Gasteiger partial charge in [-0.25, -0.2) is 4.68 Å². The molecule has 7 heteroatoms. The van der Waals surface area contributed by atoms with Crippen molar-refractivity contribution in [1.29, 1.82) is 0 Å². The van der Waals surface area contributed by atoms with E-state index in [-0.39, 0.29) is 11.6 Å². The Bertz CT molecular complexity index is 1130. The molecule has 0 saturated heterocycles. The molecule has 0 aliphatic heterocycles. The molecule has 0 atom stereocenters. The molecule has 1 aromatic heterocycles. The van der Waals surface area contributed by atoms with Gasteiger partial charge < -0.3 is 10.1 Å². The second-order valence-electron chi connectivity index (χ2n) is 6.65. The van der Waals surface area contributed by atoms with Gasteiger partial charge in [-0.1, -0.05) is 65.3 Å². The Hall–Kier alpha value is -3.64. The molecule has 4 rings (SSSR count).